The molecule has 1 aromatic carbocycles. The van der Waals surface area contributed by atoms with E-state index in [9.17, 15) is 4.79 Å². The molecular weight excluding hydrogens is 258 g/mol. The summed E-state index contributed by atoms with van der Waals surface area (Å²) in [6, 6.07) is 8.75. The van der Waals surface area contributed by atoms with E-state index in [2.05, 4.69) is 10.3 Å². The Bertz CT molecular complexity index is 539. The summed E-state index contributed by atoms with van der Waals surface area (Å²) < 4.78 is 0. The quantitative estimate of drug-likeness (QED) is 0.874. The third-order valence-corrected chi connectivity index (χ3v) is 3.61. The van der Waals surface area contributed by atoms with E-state index >= 15 is 0 Å². The van der Waals surface area contributed by atoms with Crippen LogP contribution < -0.4 is 11.1 Å². The van der Waals surface area contributed by atoms with Gasteiger partial charge in [0.1, 0.15) is 6.04 Å². The number of carbonyl (C=O) groups is 1. The minimum absolute atomic E-state index is 0.154. The molecule has 0 unspecified atom stereocenters. The summed E-state index contributed by atoms with van der Waals surface area (Å²) in [5.41, 5.74) is 7.73. The maximum atomic E-state index is 11.9. The van der Waals surface area contributed by atoms with E-state index < -0.39 is 6.04 Å². The van der Waals surface area contributed by atoms with Gasteiger partial charge >= 0.3 is 0 Å². The number of rotatable bonds is 5. The van der Waals surface area contributed by atoms with Crippen LogP contribution in [0.4, 0.5) is 0 Å². The Balaban J connectivity index is 1.81. The predicted molar refractivity (Wildman–Crippen MR) is 76.9 cm³/mol. The van der Waals surface area contributed by atoms with Gasteiger partial charge < -0.3 is 11.1 Å². The maximum absolute atomic E-state index is 11.9. The molecule has 0 aliphatic heterocycles. The van der Waals surface area contributed by atoms with Gasteiger partial charge in [-0.1, -0.05) is 30.3 Å². The molecule has 19 heavy (non-hydrogen) atoms. The number of thiazole rings is 1. The molecule has 2 rings (SSSR count). The highest BCUT2D eigenvalue weighted by Gasteiger charge is 2.14. The zero-order valence-electron chi connectivity index (χ0n) is 10.8. The highest BCUT2D eigenvalue weighted by Crippen LogP contribution is 2.10. The van der Waals surface area contributed by atoms with E-state index in [4.69, 9.17) is 5.73 Å². The Hall–Kier alpha value is -1.72. The SMILES string of the molecule is Cc1nc(CCNC(=O)[C@@H](N)c2ccccc2)cs1. The van der Waals surface area contributed by atoms with Crippen LogP contribution in [0, 0.1) is 6.92 Å². The molecule has 1 atom stereocenters. The summed E-state index contributed by atoms with van der Waals surface area (Å²) in [6.07, 6.45) is 0.734. The summed E-state index contributed by atoms with van der Waals surface area (Å²) in [6.45, 7) is 2.53. The van der Waals surface area contributed by atoms with E-state index in [-0.39, 0.29) is 5.91 Å². The Kier molecular flexibility index (Phi) is 4.65. The number of nitrogens with two attached hydrogens (primary N) is 1. The van der Waals surface area contributed by atoms with Crippen molar-refractivity contribution in [3.63, 3.8) is 0 Å². The number of hydrogen-bond donors (Lipinski definition) is 2. The maximum Gasteiger partial charge on any atom is 0.241 e. The average molecular weight is 275 g/mol. The fraction of sp³-hybridized carbons (Fsp3) is 0.286. The molecule has 0 saturated carbocycles. The lowest BCUT2D eigenvalue weighted by Crippen LogP contribution is -2.35. The second kappa shape index (κ2) is 6.45. The third-order valence-electron chi connectivity index (χ3n) is 2.79. The molecule has 5 heteroatoms. The monoisotopic (exact) mass is 275 g/mol. The molecule has 0 aliphatic carbocycles. The van der Waals surface area contributed by atoms with Crippen LogP contribution in [0.25, 0.3) is 0 Å². The first-order valence-corrected chi connectivity index (χ1v) is 7.04. The Morgan fingerprint density at radius 2 is 2.16 bits per heavy atom. The van der Waals surface area contributed by atoms with Crippen LogP contribution in [0.15, 0.2) is 35.7 Å². The van der Waals surface area contributed by atoms with Crippen molar-refractivity contribution in [3.8, 4) is 0 Å². The summed E-state index contributed by atoms with van der Waals surface area (Å²) in [4.78, 5) is 16.2. The van der Waals surface area contributed by atoms with Crippen molar-refractivity contribution >= 4 is 17.2 Å². The summed E-state index contributed by atoms with van der Waals surface area (Å²) in [5.74, 6) is -0.154. The third kappa shape index (κ3) is 3.87. The van der Waals surface area contributed by atoms with Crippen molar-refractivity contribution in [2.24, 2.45) is 5.73 Å². The standard InChI is InChI=1S/C14H17N3OS/c1-10-17-12(9-19-10)7-8-16-14(18)13(15)11-5-3-2-4-6-11/h2-6,9,13H,7-8,15H2,1H3,(H,16,18)/t13-/m0/s1. The number of amides is 1. The molecule has 0 radical (unpaired) electrons. The lowest BCUT2D eigenvalue weighted by atomic mass is 10.1. The van der Waals surface area contributed by atoms with Crippen LogP contribution in [0.5, 0.6) is 0 Å². The normalized spacial score (nSPS) is 12.1. The lowest BCUT2D eigenvalue weighted by molar-refractivity contribution is -0.122. The number of hydrogen-bond acceptors (Lipinski definition) is 4. The largest absolute Gasteiger partial charge is 0.354 e. The zero-order chi connectivity index (χ0) is 13.7. The van der Waals surface area contributed by atoms with Gasteiger partial charge in [0, 0.05) is 18.3 Å². The molecule has 0 saturated heterocycles. The number of aryl methyl sites for hydroxylation is 1. The second-order valence-electron chi connectivity index (χ2n) is 4.29. The molecule has 1 amide bonds. The Morgan fingerprint density at radius 1 is 1.42 bits per heavy atom. The van der Waals surface area contributed by atoms with Crippen LogP contribution in [-0.2, 0) is 11.2 Å². The van der Waals surface area contributed by atoms with Gasteiger partial charge in [0.15, 0.2) is 0 Å². The van der Waals surface area contributed by atoms with E-state index in [0.29, 0.717) is 6.54 Å². The van der Waals surface area contributed by atoms with Gasteiger partial charge in [0.2, 0.25) is 5.91 Å². The van der Waals surface area contributed by atoms with Crippen LogP contribution in [-0.4, -0.2) is 17.4 Å². The van der Waals surface area contributed by atoms with E-state index in [1.54, 1.807) is 11.3 Å². The smallest absolute Gasteiger partial charge is 0.241 e. The van der Waals surface area contributed by atoms with E-state index in [1.807, 2.05) is 42.6 Å². The van der Waals surface area contributed by atoms with Crippen molar-refractivity contribution in [1.82, 2.24) is 10.3 Å². The van der Waals surface area contributed by atoms with Crippen LogP contribution >= 0.6 is 11.3 Å². The van der Waals surface area contributed by atoms with Crippen LogP contribution in [0.1, 0.15) is 22.3 Å². The molecule has 2 aromatic rings. The minimum atomic E-state index is -0.613. The van der Waals surface area contributed by atoms with Crippen LogP contribution in [0.3, 0.4) is 0 Å². The van der Waals surface area contributed by atoms with Crippen molar-refractivity contribution in [2.45, 2.75) is 19.4 Å². The molecule has 0 spiro atoms. The van der Waals surface area contributed by atoms with Gasteiger partial charge in [0.05, 0.1) is 10.7 Å². The topological polar surface area (TPSA) is 68.0 Å². The van der Waals surface area contributed by atoms with Crippen molar-refractivity contribution in [2.75, 3.05) is 6.54 Å². The average Bonchev–Trinajstić information content (AvgIpc) is 2.84. The van der Waals surface area contributed by atoms with Gasteiger partial charge in [-0.2, -0.15) is 0 Å². The number of aromatic nitrogens is 1. The number of nitrogens with one attached hydrogen (secondary N) is 1. The van der Waals surface area contributed by atoms with Crippen LogP contribution in [0.2, 0.25) is 0 Å². The predicted octanol–water partition coefficient (Wildman–Crippen LogP) is 1.81. The molecule has 0 bridgehead atoms. The van der Waals surface area contributed by atoms with Gasteiger partial charge in [-0.15, -0.1) is 11.3 Å². The lowest BCUT2D eigenvalue weighted by Gasteiger charge is -2.12. The summed E-state index contributed by atoms with van der Waals surface area (Å²) >= 11 is 1.62. The van der Waals surface area contributed by atoms with E-state index in [0.717, 1.165) is 22.7 Å². The minimum Gasteiger partial charge on any atom is -0.354 e. The highest BCUT2D eigenvalue weighted by molar-refractivity contribution is 7.09. The molecular formula is C14H17N3OS. The number of carbonyl (C=O) groups excluding carboxylic acids is 1. The molecule has 100 valence electrons. The van der Waals surface area contributed by atoms with E-state index in [1.165, 1.54) is 0 Å². The molecule has 0 fully saturated rings. The van der Waals surface area contributed by atoms with Gasteiger partial charge in [-0.05, 0) is 12.5 Å². The Morgan fingerprint density at radius 3 is 2.79 bits per heavy atom. The zero-order valence-corrected chi connectivity index (χ0v) is 11.6. The van der Waals surface area contributed by atoms with Gasteiger partial charge in [-0.3, -0.25) is 4.79 Å². The molecule has 1 heterocycles. The fourth-order valence-electron chi connectivity index (χ4n) is 1.76. The van der Waals surface area contributed by atoms with Crippen molar-refractivity contribution < 1.29 is 4.79 Å². The molecule has 4 nitrogen and oxygen atoms in total. The van der Waals surface area contributed by atoms with Crippen molar-refractivity contribution in [1.29, 1.82) is 0 Å². The summed E-state index contributed by atoms with van der Waals surface area (Å²) in [5, 5.41) is 5.90. The first kappa shape index (κ1) is 13.7. The highest BCUT2D eigenvalue weighted by atomic mass is 32.1. The van der Waals surface area contributed by atoms with Gasteiger partial charge in [-0.25, -0.2) is 4.98 Å². The second-order valence-corrected chi connectivity index (χ2v) is 5.35. The molecule has 1 aromatic heterocycles. The van der Waals surface area contributed by atoms with Gasteiger partial charge in [0.25, 0.3) is 0 Å². The Labute approximate surface area is 116 Å². The first-order valence-electron chi connectivity index (χ1n) is 6.16. The molecule has 3 N–H and O–H groups in total. The number of nitrogens with zero attached hydrogens (tertiary/aromatic N) is 1. The fourth-order valence-corrected chi connectivity index (χ4v) is 2.41. The molecule has 0 aliphatic rings. The van der Waals surface area contributed by atoms with Crippen molar-refractivity contribution in [3.05, 3.63) is 52.0 Å². The number of benzene rings is 1. The first-order chi connectivity index (χ1) is 9.16. The summed E-state index contributed by atoms with van der Waals surface area (Å²) in [7, 11) is 0.